The number of nitrogens with one attached hydrogen (secondary N) is 2. The van der Waals surface area contributed by atoms with Gasteiger partial charge in [-0.25, -0.2) is 9.59 Å². The average Bonchev–Trinajstić information content (AvgIpc) is 3.03. The molecule has 0 saturated heterocycles. The molecular weight excluding hydrogens is 372 g/mol. The smallest absolute Gasteiger partial charge is 0.407 e. The zero-order valence-corrected chi connectivity index (χ0v) is 16.3. The van der Waals surface area contributed by atoms with Crippen molar-refractivity contribution in [1.29, 1.82) is 0 Å². The number of ether oxygens (including phenoxy) is 1. The van der Waals surface area contributed by atoms with Crippen molar-refractivity contribution in [2.45, 2.75) is 38.3 Å². The largest absolute Gasteiger partial charge is 0.480 e. The van der Waals surface area contributed by atoms with Gasteiger partial charge >= 0.3 is 12.1 Å². The molecule has 0 radical (unpaired) electrons. The molecule has 152 valence electrons. The first-order valence-electron chi connectivity index (χ1n) is 9.57. The zero-order valence-electron chi connectivity index (χ0n) is 16.3. The quantitative estimate of drug-likeness (QED) is 0.667. The third-order valence-corrected chi connectivity index (χ3v) is 5.09. The standard InChI is InChI=1S/C22H24N2O5/c1-3-19(21(26)27)24-20(25)13(2)23-22(28)29-12-18-16-10-6-4-8-14(16)15-9-5-7-11-17(15)18/h4-11,13,18-19H,3,12H2,1-2H3,(H,23,28)(H,24,25)(H,26,27)/t13-,19+/m1/s1. The van der Waals surface area contributed by atoms with E-state index in [1.807, 2.05) is 48.5 Å². The summed E-state index contributed by atoms with van der Waals surface area (Å²) in [7, 11) is 0. The zero-order chi connectivity index (χ0) is 21.0. The highest BCUT2D eigenvalue weighted by molar-refractivity contribution is 5.89. The Kier molecular flexibility index (Phi) is 6.16. The van der Waals surface area contributed by atoms with Crippen molar-refractivity contribution in [3.63, 3.8) is 0 Å². The molecule has 0 heterocycles. The fraction of sp³-hybridized carbons (Fsp3) is 0.318. The van der Waals surface area contributed by atoms with Crippen molar-refractivity contribution in [3.8, 4) is 11.1 Å². The highest BCUT2D eigenvalue weighted by Crippen LogP contribution is 2.44. The van der Waals surface area contributed by atoms with Crippen molar-refractivity contribution < 1.29 is 24.2 Å². The molecule has 0 saturated carbocycles. The maximum absolute atomic E-state index is 12.2. The maximum atomic E-state index is 12.2. The van der Waals surface area contributed by atoms with Crippen molar-refractivity contribution >= 4 is 18.0 Å². The number of amides is 2. The fourth-order valence-corrected chi connectivity index (χ4v) is 3.52. The van der Waals surface area contributed by atoms with E-state index in [0.29, 0.717) is 0 Å². The van der Waals surface area contributed by atoms with Gasteiger partial charge in [-0.05, 0) is 35.6 Å². The first-order valence-corrected chi connectivity index (χ1v) is 9.57. The summed E-state index contributed by atoms with van der Waals surface area (Å²) in [4.78, 5) is 35.3. The van der Waals surface area contributed by atoms with E-state index in [2.05, 4.69) is 10.6 Å². The lowest BCUT2D eigenvalue weighted by atomic mass is 9.98. The summed E-state index contributed by atoms with van der Waals surface area (Å²) in [6.07, 6.45) is -0.475. The fourth-order valence-electron chi connectivity index (χ4n) is 3.52. The molecule has 3 N–H and O–H groups in total. The number of carbonyl (C=O) groups excluding carboxylic acids is 2. The molecule has 1 aliphatic rings. The third-order valence-electron chi connectivity index (χ3n) is 5.09. The number of fused-ring (bicyclic) bond motifs is 3. The monoisotopic (exact) mass is 396 g/mol. The van der Waals surface area contributed by atoms with Crippen LogP contribution in [0.2, 0.25) is 0 Å². The predicted octanol–water partition coefficient (Wildman–Crippen LogP) is 2.89. The van der Waals surface area contributed by atoms with Crippen LogP contribution in [0.5, 0.6) is 0 Å². The minimum Gasteiger partial charge on any atom is -0.480 e. The summed E-state index contributed by atoms with van der Waals surface area (Å²) in [5.41, 5.74) is 4.45. The second-order valence-electron chi connectivity index (χ2n) is 7.00. The van der Waals surface area contributed by atoms with Gasteiger partial charge in [0.2, 0.25) is 5.91 Å². The number of carboxylic acids is 1. The molecule has 0 unspecified atom stereocenters. The molecule has 7 nitrogen and oxygen atoms in total. The van der Waals surface area contributed by atoms with Gasteiger partial charge in [-0.15, -0.1) is 0 Å². The van der Waals surface area contributed by atoms with Gasteiger partial charge in [0.05, 0.1) is 0 Å². The first-order chi connectivity index (χ1) is 13.9. The van der Waals surface area contributed by atoms with Gasteiger partial charge in [0.25, 0.3) is 0 Å². The van der Waals surface area contributed by atoms with Gasteiger partial charge in [-0.3, -0.25) is 4.79 Å². The third kappa shape index (κ3) is 4.39. The second-order valence-corrected chi connectivity index (χ2v) is 7.00. The van der Waals surface area contributed by atoms with Crippen molar-refractivity contribution in [2.24, 2.45) is 0 Å². The number of hydrogen-bond donors (Lipinski definition) is 3. The molecule has 0 fully saturated rings. The van der Waals surface area contributed by atoms with Gasteiger partial charge in [0, 0.05) is 5.92 Å². The molecule has 1 aliphatic carbocycles. The number of alkyl carbamates (subject to hydrolysis) is 1. The number of carbonyl (C=O) groups is 3. The molecule has 3 rings (SSSR count). The Bertz CT molecular complexity index is 881. The van der Waals surface area contributed by atoms with Gasteiger partial charge < -0.3 is 20.5 Å². The summed E-state index contributed by atoms with van der Waals surface area (Å²) in [6.45, 7) is 3.27. The summed E-state index contributed by atoms with van der Waals surface area (Å²) >= 11 is 0. The molecule has 0 bridgehead atoms. The second kappa shape index (κ2) is 8.77. The number of carboxylic acid groups (broad SMARTS) is 1. The van der Waals surface area contributed by atoms with Crippen LogP contribution in [0.4, 0.5) is 4.79 Å². The van der Waals surface area contributed by atoms with Gasteiger partial charge in [0.1, 0.15) is 18.7 Å². The van der Waals surface area contributed by atoms with E-state index >= 15 is 0 Å². The van der Waals surface area contributed by atoms with E-state index in [1.165, 1.54) is 6.92 Å². The lowest BCUT2D eigenvalue weighted by Crippen LogP contribution is -2.50. The molecule has 2 aromatic carbocycles. The Morgan fingerprint density at radius 3 is 2.07 bits per heavy atom. The van der Waals surface area contributed by atoms with Crippen LogP contribution in [0, 0.1) is 0 Å². The molecule has 2 amide bonds. The maximum Gasteiger partial charge on any atom is 0.407 e. The van der Waals surface area contributed by atoms with E-state index in [4.69, 9.17) is 9.84 Å². The molecule has 2 atom stereocenters. The number of hydrogen-bond acceptors (Lipinski definition) is 4. The van der Waals surface area contributed by atoms with E-state index in [1.54, 1.807) is 6.92 Å². The molecular formula is C22H24N2O5. The van der Waals surface area contributed by atoms with Crippen molar-refractivity contribution in [3.05, 3.63) is 59.7 Å². The Balaban J connectivity index is 1.60. The minimum absolute atomic E-state index is 0.0752. The van der Waals surface area contributed by atoms with E-state index in [-0.39, 0.29) is 18.9 Å². The predicted molar refractivity (Wildman–Crippen MR) is 108 cm³/mol. The summed E-state index contributed by atoms with van der Waals surface area (Å²) < 4.78 is 5.39. The van der Waals surface area contributed by atoms with Crippen LogP contribution in [0.15, 0.2) is 48.5 Å². The van der Waals surface area contributed by atoms with Gasteiger partial charge in [0.15, 0.2) is 0 Å². The number of rotatable bonds is 7. The average molecular weight is 396 g/mol. The van der Waals surface area contributed by atoms with E-state index < -0.39 is 30.1 Å². The van der Waals surface area contributed by atoms with Crippen LogP contribution in [0.25, 0.3) is 11.1 Å². The van der Waals surface area contributed by atoms with Crippen LogP contribution in [0.3, 0.4) is 0 Å². The first kappa shape index (κ1) is 20.4. The van der Waals surface area contributed by atoms with Crippen LogP contribution in [0.1, 0.15) is 37.3 Å². The van der Waals surface area contributed by atoms with Crippen LogP contribution >= 0.6 is 0 Å². The summed E-state index contributed by atoms with van der Waals surface area (Å²) in [5.74, 6) is -1.77. The summed E-state index contributed by atoms with van der Waals surface area (Å²) in [5, 5.41) is 13.9. The van der Waals surface area contributed by atoms with E-state index in [9.17, 15) is 14.4 Å². The highest BCUT2D eigenvalue weighted by Gasteiger charge is 2.29. The minimum atomic E-state index is -1.12. The lowest BCUT2D eigenvalue weighted by Gasteiger charge is -2.19. The highest BCUT2D eigenvalue weighted by atomic mass is 16.5. The van der Waals surface area contributed by atoms with Crippen LogP contribution in [-0.4, -0.2) is 41.8 Å². The lowest BCUT2D eigenvalue weighted by molar-refractivity contribution is -0.142. The van der Waals surface area contributed by atoms with E-state index in [0.717, 1.165) is 22.3 Å². The van der Waals surface area contributed by atoms with Gasteiger partial charge in [-0.1, -0.05) is 55.5 Å². The molecule has 7 heteroatoms. The molecule has 0 aliphatic heterocycles. The number of benzene rings is 2. The normalized spacial score (nSPS) is 14.3. The molecule has 2 aromatic rings. The van der Waals surface area contributed by atoms with Crippen molar-refractivity contribution in [1.82, 2.24) is 10.6 Å². The van der Waals surface area contributed by atoms with Gasteiger partial charge in [-0.2, -0.15) is 0 Å². The van der Waals surface area contributed by atoms with Crippen LogP contribution in [-0.2, 0) is 14.3 Å². The topological polar surface area (TPSA) is 105 Å². The number of aliphatic carboxylic acids is 1. The van der Waals surface area contributed by atoms with Crippen LogP contribution < -0.4 is 10.6 Å². The Labute approximate surface area is 169 Å². The molecule has 29 heavy (non-hydrogen) atoms. The Morgan fingerprint density at radius 2 is 1.55 bits per heavy atom. The van der Waals surface area contributed by atoms with Crippen molar-refractivity contribution in [2.75, 3.05) is 6.61 Å². The summed E-state index contributed by atoms with van der Waals surface area (Å²) in [6, 6.07) is 14.1. The molecule has 0 spiro atoms. The Morgan fingerprint density at radius 1 is 1.00 bits per heavy atom. The Hall–Kier alpha value is -3.35. The molecule has 0 aromatic heterocycles. The SMILES string of the molecule is CC[C@H](NC(=O)[C@@H](C)NC(=O)OCC1c2ccccc2-c2ccccc21)C(=O)O.